The molecule has 1 aromatic heterocycles. The van der Waals surface area contributed by atoms with Crippen LogP contribution in [0.5, 0.6) is 0 Å². The van der Waals surface area contributed by atoms with Gasteiger partial charge in [-0.25, -0.2) is 9.97 Å². The fourth-order valence-electron chi connectivity index (χ4n) is 2.20. The highest BCUT2D eigenvalue weighted by Crippen LogP contribution is 2.19. The van der Waals surface area contributed by atoms with Crippen molar-refractivity contribution in [2.24, 2.45) is 0 Å². The number of nitrogens with zero attached hydrogens (tertiary/aromatic N) is 3. The van der Waals surface area contributed by atoms with Gasteiger partial charge in [-0.3, -0.25) is 14.9 Å². The summed E-state index contributed by atoms with van der Waals surface area (Å²) in [5.41, 5.74) is 1.43. The largest absolute Gasteiger partial charge is 0.310 e. The van der Waals surface area contributed by atoms with Crippen molar-refractivity contribution in [3.05, 3.63) is 70.5 Å². The van der Waals surface area contributed by atoms with Crippen LogP contribution in [0, 0.1) is 10.1 Å². The molecule has 0 radical (unpaired) electrons. The molecular formula is C16H12N4O3. The molecule has 1 amide bonds. The minimum absolute atomic E-state index is 0.00375. The number of hydrogen-bond acceptors (Lipinski definition) is 5. The monoisotopic (exact) mass is 308 g/mol. The summed E-state index contributed by atoms with van der Waals surface area (Å²) in [4.78, 5) is 30.5. The first-order valence-electron chi connectivity index (χ1n) is 6.86. The lowest BCUT2D eigenvalue weighted by molar-refractivity contribution is -0.384. The summed E-state index contributed by atoms with van der Waals surface area (Å²) in [5.74, 6) is 0.199. The van der Waals surface area contributed by atoms with E-state index in [1.807, 2.05) is 24.3 Å². The number of hydrogen-bond donors (Lipinski definition) is 1. The Morgan fingerprint density at radius 3 is 2.57 bits per heavy atom. The van der Waals surface area contributed by atoms with Crippen LogP contribution in [0.4, 0.5) is 11.5 Å². The van der Waals surface area contributed by atoms with Gasteiger partial charge in [0.25, 0.3) is 5.69 Å². The summed E-state index contributed by atoms with van der Waals surface area (Å²) in [6, 6.07) is 13.3. The van der Waals surface area contributed by atoms with E-state index in [0.717, 1.165) is 10.9 Å². The summed E-state index contributed by atoms with van der Waals surface area (Å²) in [6.45, 7) is 0. The number of amides is 1. The average Bonchev–Trinajstić information content (AvgIpc) is 2.55. The Kier molecular flexibility index (Phi) is 3.92. The maximum atomic E-state index is 12.1. The first-order chi connectivity index (χ1) is 11.1. The number of anilines is 1. The smallest absolute Gasteiger partial charge is 0.269 e. The number of aromatic nitrogens is 2. The molecule has 3 rings (SSSR count). The van der Waals surface area contributed by atoms with Gasteiger partial charge in [0.1, 0.15) is 12.1 Å². The van der Waals surface area contributed by atoms with Crippen LogP contribution in [0.25, 0.3) is 10.9 Å². The Morgan fingerprint density at radius 2 is 1.83 bits per heavy atom. The van der Waals surface area contributed by atoms with Crippen LogP contribution in [0.2, 0.25) is 0 Å². The molecule has 0 saturated heterocycles. The number of rotatable bonds is 4. The highest BCUT2D eigenvalue weighted by Gasteiger charge is 2.10. The molecule has 0 aliphatic heterocycles. The van der Waals surface area contributed by atoms with Crippen molar-refractivity contribution in [2.75, 3.05) is 5.32 Å². The van der Waals surface area contributed by atoms with Crippen LogP contribution >= 0.6 is 0 Å². The lowest BCUT2D eigenvalue weighted by atomic mass is 10.1. The Labute approximate surface area is 131 Å². The van der Waals surface area contributed by atoms with Gasteiger partial charge in [0.15, 0.2) is 0 Å². The number of benzene rings is 2. The van der Waals surface area contributed by atoms with E-state index in [2.05, 4.69) is 15.3 Å². The molecule has 7 nitrogen and oxygen atoms in total. The van der Waals surface area contributed by atoms with E-state index < -0.39 is 4.92 Å². The maximum Gasteiger partial charge on any atom is 0.269 e. The second-order valence-corrected chi connectivity index (χ2v) is 4.89. The minimum Gasteiger partial charge on any atom is -0.310 e. The average molecular weight is 308 g/mol. The van der Waals surface area contributed by atoms with E-state index in [4.69, 9.17) is 0 Å². The van der Waals surface area contributed by atoms with Gasteiger partial charge in [-0.05, 0) is 17.7 Å². The fraction of sp³-hybridized carbons (Fsp3) is 0.0625. The van der Waals surface area contributed by atoms with Gasteiger partial charge in [0.2, 0.25) is 5.91 Å². The van der Waals surface area contributed by atoms with Crippen molar-refractivity contribution in [1.29, 1.82) is 0 Å². The van der Waals surface area contributed by atoms with Gasteiger partial charge in [0.05, 0.1) is 16.9 Å². The first kappa shape index (κ1) is 14.6. The molecule has 3 aromatic rings. The van der Waals surface area contributed by atoms with E-state index in [1.165, 1.54) is 18.5 Å². The van der Waals surface area contributed by atoms with Crippen LogP contribution in [-0.4, -0.2) is 20.8 Å². The van der Waals surface area contributed by atoms with E-state index >= 15 is 0 Å². The van der Waals surface area contributed by atoms with Crippen molar-refractivity contribution >= 4 is 28.3 Å². The van der Waals surface area contributed by atoms with E-state index in [1.54, 1.807) is 12.1 Å². The van der Waals surface area contributed by atoms with Crippen LogP contribution < -0.4 is 5.32 Å². The molecule has 0 spiro atoms. The van der Waals surface area contributed by atoms with Crippen LogP contribution in [-0.2, 0) is 11.2 Å². The molecule has 0 unspecified atom stereocenters. The van der Waals surface area contributed by atoms with Crippen LogP contribution in [0.3, 0.4) is 0 Å². The molecular weight excluding hydrogens is 296 g/mol. The summed E-state index contributed by atoms with van der Waals surface area (Å²) in [5, 5.41) is 14.1. The molecule has 23 heavy (non-hydrogen) atoms. The van der Waals surface area contributed by atoms with E-state index in [0.29, 0.717) is 11.4 Å². The highest BCUT2D eigenvalue weighted by molar-refractivity contribution is 5.99. The first-order valence-corrected chi connectivity index (χ1v) is 6.86. The number of para-hydroxylation sites is 1. The number of nitro groups is 1. The fourth-order valence-corrected chi connectivity index (χ4v) is 2.20. The van der Waals surface area contributed by atoms with Crippen LogP contribution in [0.1, 0.15) is 5.56 Å². The van der Waals surface area contributed by atoms with Crippen molar-refractivity contribution in [2.45, 2.75) is 6.42 Å². The normalized spacial score (nSPS) is 10.4. The molecule has 1 heterocycles. The molecule has 0 fully saturated rings. The number of non-ortho nitro benzene ring substituents is 1. The number of nitrogens with one attached hydrogen (secondary N) is 1. The summed E-state index contributed by atoms with van der Waals surface area (Å²) >= 11 is 0. The molecule has 1 N–H and O–H groups in total. The SMILES string of the molecule is O=C(Cc1ccc([N+](=O)[O-])cc1)Nc1ncnc2ccccc12. The van der Waals surface area contributed by atoms with Gasteiger partial charge >= 0.3 is 0 Å². The third-order valence-corrected chi connectivity index (χ3v) is 3.31. The lowest BCUT2D eigenvalue weighted by Crippen LogP contribution is -2.15. The van der Waals surface area contributed by atoms with Gasteiger partial charge < -0.3 is 5.32 Å². The lowest BCUT2D eigenvalue weighted by Gasteiger charge is -2.07. The number of carbonyl (C=O) groups excluding carboxylic acids is 1. The second-order valence-electron chi connectivity index (χ2n) is 4.89. The highest BCUT2D eigenvalue weighted by atomic mass is 16.6. The predicted molar refractivity (Wildman–Crippen MR) is 85.0 cm³/mol. The van der Waals surface area contributed by atoms with Crippen molar-refractivity contribution in [3.8, 4) is 0 Å². The van der Waals surface area contributed by atoms with E-state index in [-0.39, 0.29) is 18.0 Å². The molecule has 0 saturated carbocycles. The second kappa shape index (κ2) is 6.18. The van der Waals surface area contributed by atoms with Crippen molar-refractivity contribution in [1.82, 2.24) is 9.97 Å². The number of nitro benzene ring substituents is 1. The standard InChI is InChI=1S/C16H12N4O3/c21-15(9-11-5-7-12(8-6-11)20(22)23)19-16-13-3-1-2-4-14(13)17-10-18-16/h1-8,10H,9H2,(H,17,18,19,21). The zero-order valence-electron chi connectivity index (χ0n) is 12.0. The third-order valence-electron chi connectivity index (χ3n) is 3.31. The Bertz CT molecular complexity index is 873. The van der Waals surface area contributed by atoms with E-state index in [9.17, 15) is 14.9 Å². The van der Waals surface area contributed by atoms with Gasteiger partial charge in [-0.15, -0.1) is 0 Å². The van der Waals surface area contributed by atoms with Gasteiger partial charge in [-0.2, -0.15) is 0 Å². The zero-order valence-corrected chi connectivity index (χ0v) is 12.0. The predicted octanol–water partition coefficient (Wildman–Crippen LogP) is 2.72. The summed E-state index contributed by atoms with van der Waals surface area (Å²) in [6.07, 6.45) is 1.50. The maximum absolute atomic E-state index is 12.1. The third kappa shape index (κ3) is 3.29. The molecule has 0 aliphatic carbocycles. The summed E-state index contributed by atoms with van der Waals surface area (Å²) in [7, 11) is 0. The molecule has 0 bridgehead atoms. The van der Waals surface area contributed by atoms with Crippen LogP contribution in [0.15, 0.2) is 54.9 Å². The Morgan fingerprint density at radius 1 is 1.09 bits per heavy atom. The Hall–Kier alpha value is -3.35. The molecule has 7 heteroatoms. The quantitative estimate of drug-likeness (QED) is 0.590. The zero-order chi connectivity index (χ0) is 16.2. The topological polar surface area (TPSA) is 98.0 Å². The van der Waals surface area contributed by atoms with Gasteiger partial charge in [0, 0.05) is 17.5 Å². The minimum atomic E-state index is -0.475. The number of fused-ring (bicyclic) bond motifs is 1. The van der Waals surface area contributed by atoms with Gasteiger partial charge in [-0.1, -0.05) is 24.3 Å². The Balaban J connectivity index is 1.75. The van der Waals surface area contributed by atoms with Crippen molar-refractivity contribution < 1.29 is 9.72 Å². The summed E-state index contributed by atoms with van der Waals surface area (Å²) < 4.78 is 0. The molecule has 2 aromatic carbocycles. The van der Waals surface area contributed by atoms with Crippen molar-refractivity contribution in [3.63, 3.8) is 0 Å². The molecule has 0 atom stereocenters. The number of carbonyl (C=O) groups is 1. The molecule has 114 valence electrons. The molecule has 0 aliphatic rings.